The Morgan fingerprint density at radius 3 is 2.53 bits per heavy atom. The quantitative estimate of drug-likeness (QED) is 0.690. The molecule has 1 fully saturated rings. The summed E-state index contributed by atoms with van der Waals surface area (Å²) in [6.45, 7) is 7.65. The zero-order valence-corrected chi connectivity index (χ0v) is 20.7. The molecule has 0 radical (unpaired) electrons. The predicted octanol–water partition coefficient (Wildman–Crippen LogP) is 4.13. The standard InChI is InChI=1S/C26H32N4O3S/c1-17-7-6-8-20(12-17)27-26(33)28-21-16-34-23-10-5-4-9-22(23)30(25(21)32)15-24(31)29-13-18(2)11-19(3)14-29/h4-10,12,18-19,21H,11,13-16H2,1-3H3,(H2,27,28,33)/t18-,19+,21?. The number of fused-ring (bicyclic) bond motifs is 1. The molecule has 2 aromatic rings. The zero-order valence-electron chi connectivity index (χ0n) is 19.9. The van der Waals surface area contributed by atoms with E-state index in [0.29, 0.717) is 42.1 Å². The SMILES string of the molecule is Cc1cccc(NC(=O)NC2CSc3ccccc3N(CC(=O)N3C[C@H](C)C[C@H](C)C3)C2=O)c1. The van der Waals surface area contributed by atoms with Crippen LogP contribution in [0.25, 0.3) is 0 Å². The maximum atomic E-state index is 13.6. The van der Waals surface area contributed by atoms with E-state index in [4.69, 9.17) is 0 Å². The molecular weight excluding hydrogens is 448 g/mol. The van der Waals surface area contributed by atoms with Gasteiger partial charge in [0.15, 0.2) is 0 Å². The molecule has 0 saturated carbocycles. The number of para-hydroxylation sites is 1. The van der Waals surface area contributed by atoms with Crippen LogP contribution in [0.5, 0.6) is 0 Å². The third-order valence-corrected chi connectivity index (χ3v) is 7.38. The van der Waals surface area contributed by atoms with Crippen molar-refractivity contribution in [3.8, 4) is 0 Å². The second-order valence-corrected chi connectivity index (χ2v) is 10.5. The van der Waals surface area contributed by atoms with Crippen LogP contribution in [0, 0.1) is 18.8 Å². The van der Waals surface area contributed by atoms with Crippen LogP contribution < -0.4 is 15.5 Å². The summed E-state index contributed by atoms with van der Waals surface area (Å²) in [5, 5.41) is 5.63. The highest BCUT2D eigenvalue weighted by Crippen LogP contribution is 2.34. The van der Waals surface area contributed by atoms with Gasteiger partial charge in [0.05, 0.1) is 5.69 Å². The van der Waals surface area contributed by atoms with Gasteiger partial charge in [0.2, 0.25) is 5.91 Å². The molecule has 0 aliphatic carbocycles. The molecule has 7 nitrogen and oxygen atoms in total. The second-order valence-electron chi connectivity index (χ2n) is 9.47. The number of likely N-dealkylation sites (tertiary alicyclic amines) is 1. The van der Waals surface area contributed by atoms with Gasteiger partial charge in [-0.05, 0) is 55.0 Å². The fourth-order valence-corrected chi connectivity index (χ4v) is 5.84. The Labute approximate surface area is 205 Å². The molecule has 2 aromatic carbocycles. The maximum Gasteiger partial charge on any atom is 0.319 e. The minimum Gasteiger partial charge on any atom is -0.341 e. The number of amides is 4. The monoisotopic (exact) mass is 480 g/mol. The van der Waals surface area contributed by atoms with Crippen LogP contribution in [0.3, 0.4) is 0 Å². The van der Waals surface area contributed by atoms with E-state index in [9.17, 15) is 14.4 Å². The molecule has 2 aliphatic rings. The average molecular weight is 481 g/mol. The van der Waals surface area contributed by atoms with E-state index in [1.165, 1.54) is 11.8 Å². The van der Waals surface area contributed by atoms with Crippen molar-refractivity contribution >= 4 is 41.0 Å². The Bertz CT molecular complexity index is 1070. The fraction of sp³-hybridized carbons (Fsp3) is 0.423. The average Bonchev–Trinajstić information content (AvgIpc) is 2.91. The molecule has 0 aromatic heterocycles. The second kappa shape index (κ2) is 10.5. The molecule has 0 spiro atoms. The first-order valence-corrected chi connectivity index (χ1v) is 12.7. The van der Waals surface area contributed by atoms with E-state index in [-0.39, 0.29) is 18.4 Å². The van der Waals surface area contributed by atoms with Crippen LogP contribution in [0.4, 0.5) is 16.2 Å². The Kier molecular flexibility index (Phi) is 7.46. The first-order chi connectivity index (χ1) is 16.3. The third kappa shape index (κ3) is 5.73. The van der Waals surface area contributed by atoms with Gasteiger partial charge in [-0.1, -0.05) is 38.1 Å². The lowest BCUT2D eigenvalue weighted by Gasteiger charge is -2.36. The lowest BCUT2D eigenvalue weighted by atomic mass is 9.92. The number of thioether (sulfide) groups is 1. The number of aryl methyl sites for hydroxylation is 1. The number of nitrogens with one attached hydrogen (secondary N) is 2. The number of piperidine rings is 1. The molecule has 4 amide bonds. The van der Waals surface area contributed by atoms with Crippen LogP contribution in [-0.4, -0.2) is 54.2 Å². The van der Waals surface area contributed by atoms with Crippen molar-refractivity contribution in [2.24, 2.45) is 11.8 Å². The largest absolute Gasteiger partial charge is 0.341 e. The van der Waals surface area contributed by atoms with Gasteiger partial charge in [0, 0.05) is 29.4 Å². The van der Waals surface area contributed by atoms with Crippen LogP contribution in [0.15, 0.2) is 53.4 Å². The minimum absolute atomic E-state index is 0.0342. The Hall–Kier alpha value is -3.00. The summed E-state index contributed by atoms with van der Waals surface area (Å²) in [6, 6.07) is 13.9. The van der Waals surface area contributed by atoms with Gasteiger partial charge in [-0.15, -0.1) is 11.8 Å². The van der Waals surface area contributed by atoms with Crippen molar-refractivity contribution in [3.05, 3.63) is 54.1 Å². The third-order valence-electron chi connectivity index (χ3n) is 6.22. The maximum absolute atomic E-state index is 13.6. The molecule has 34 heavy (non-hydrogen) atoms. The van der Waals surface area contributed by atoms with E-state index in [2.05, 4.69) is 24.5 Å². The topological polar surface area (TPSA) is 81.8 Å². The van der Waals surface area contributed by atoms with Gasteiger partial charge >= 0.3 is 6.03 Å². The van der Waals surface area contributed by atoms with E-state index in [0.717, 1.165) is 16.9 Å². The van der Waals surface area contributed by atoms with Crippen molar-refractivity contribution < 1.29 is 14.4 Å². The number of hydrogen-bond acceptors (Lipinski definition) is 4. The summed E-state index contributed by atoms with van der Waals surface area (Å²) in [5.74, 6) is 0.935. The Morgan fingerprint density at radius 2 is 1.79 bits per heavy atom. The summed E-state index contributed by atoms with van der Waals surface area (Å²) in [4.78, 5) is 43.9. The highest BCUT2D eigenvalue weighted by molar-refractivity contribution is 7.99. The van der Waals surface area contributed by atoms with Crippen molar-refractivity contribution in [3.63, 3.8) is 0 Å². The molecule has 0 bridgehead atoms. The van der Waals surface area contributed by atoms with Crippen LogP contribution in [-0.2, 0) is 9.59 Å². The summed E-state index contributed by atoms with van der Waals surface area (Å²) in [6.07, 6.45) is 1.11. The van der Waals surface area contributed by atoms with E-state index >= 15 is 0 Å². The van der Waals surface area contributed by atoms with Crippen LogP contribution in [0.1, 0.15) is 25.8 Å². The molecule has 1 saturated heterocycles. The summed E-state index contributed by atoms with van der Waals surface area (Å²) < 4.78 is 0. The van der Waals surface area contributed by atoms with E-state index < -0.39 is 12.1 Å². The van der Waals surface area contributed by atoms with Gasteiger partial charge in [-0.25, -0.2) is 4.79 Å². The van der Waals surface area contributed by atoms with Gasteiger partial charge < -0.3 is 20.4 Å². The van der Waals surface area contributed by atoms with Crippen molar-refractivity contribution in [2.45, 2.75) is 38.1 Å². The lowest BCUT2D eigenvalue weighted by Crippen LogP contribution is -2.54. The predicted molar refractivity (Wildman–Crippen MR) is 136 cm³/mol. The van der Waals surface area contributed by atoms with Crippen LogP contribution >= 0.6 is 11.8 Å². The van der Waals surface area contributed by atoms with E-state index in [1.807, 2.05) is 54.3 Å². The zero-order chi connectivity index (χ0) is 24.2. The number of rotatable bonds is 4. The molecule has 2 N–H and O–H groups in total. The number of urea groups is 1. The van der Waals surface area contributed by atoms with Gasteiger partial charge in [0.1, 0.15) is 12.6 Å². The number of carbonyl (C=O) groups excluding carboxylic acids is 3. The smallest absolute Gasteiger partial charge is 0.319 e. The van der Waals surface area contributed by atoms with Gasteiger partial charge in [-0.3, -0.25) is 9.59 Å². The molecule has 2 heterocycles. The highest BCUT2D eigenvalue weighted by atomic mass is 32.2. The molecule has 3 atom stereocenters. The summed E-state index contributed by atoms with van der Waals surface area (Å²) in [5.41, 5.74) is 2.41. The fourth-order valence-electron chi connectivity index (χ4n) is 4.77. The minimum atomic E-state index is -0.755. The molecule has 2 aliphatic heterocycles. The van der Waals surface area contributed by atoms with Crippen molar-refractivity contribution in [1.82, 2.24) is 10.2 Å². The van der Waals surface area contributed by atoms with E-state index in [1.54, 1.807) is 11.0 Å². The normalized spacial score (nSPS) is 22.6. The highest BCUT2D eigenvalue weighted by Gasteiger charge is 2.35. The van der Waals surface area contributed by atoms with Gasteiger partial charge in [-0.2, -0.15) is 0 Å². The first-order valence-electron chi connectivity index (χ1n) is 11.8. The van der Waals surface area contributed by atoms with Crippen LogP contribution in [0.2, 0.25) is 0 Å². The summed E-state index contributed by atoms with van der Waals surface area (Å²) >= 11 is 1.51. The van der Waals surface area contributed by atoms with Crippen molar-refractivity contribution in [2.75, 3.05) is 35.6 Å². The lowest BCUT2D eigenvalue weighted by molar-refractivity contribution is -0.134. The number of anilines is 2. The first kappa shape index (κ1) is 24.1. The van der Waals surface area contributed by atoms with Gasteiger partial charge in [0.25, 0.3) is 5.91 Å². The molecule has 8 heteroatoms. The number of nitrogens with zero attached hydrogens (tertiary/aromatic N) is 2. The Balaban J connectivity index is 1.51. The number of benzene rings is 2. The molecule has 4 rings (SSSR count). The molecule has 180 valence electrons. The molecule has 1 unspecified atom stereocenters. The number of carbonyl (C=O) groups is 3. The number of hydrogen-bond donors (Lipinski definition) is 2. The van der Waals surface area contributed by atoms with Crippen molar-refractivity contribution in [1.29, 1.82) is 0 Å². The Morgan fingerprint density at radius 1 is 1.06 bits per heavy atom. The summed E-state index contributed by atoms with van der Waals surface area (Å²) in [7, 11) is 0. The molecular formula is C26H32N4O3S.